The van der Waals surface area contributed by atoms with Crippen molar-refractivity contribution in [3.63, 3.8) is 0 Å². The maximum atomic E-state index is 8.57. The zero-order chi connectivity index (χ0) is 10.6. The lowest BCUT2D eigenvalue weighted by Gasteiger charge is -2.12. The van der Waals surface area contributed by atoms with Gasteiger partial charge in [0.1, 0.15) is 0 Å². The van der Waals surface area contributed by atoms with Gasteiger partial charge in [-0.25, -0.2) is 0 Å². The molecule has 0 saturated heterocycles. The summed E-state index contributed by atoms with van der Waals surface area (Å²) in [5.41, 5.74) is 0. The molecule has 0 aromatic heterocycles. The Balaban J connectivity index is 2.98. The van der Waals surface area contributed by atoms with Gasteiger partial charge in [-0.3, -0.25) is 0 Å². The number of nitrogens with one attached hydrogen (secondary N) is 1. The topological polar surface area (TPSA) is 41.5 Å². The molecule has 0 aliphatic carbocycles. The highest BCUT2D eigenvalue weighted by Gasteiger charge is 1.98. The molecule has 0 saturated carbocycles. The van der Waals surface area contributed by atoms with Crippen LogP contribution in [0.5, 0.6) is 0 Å². The van der Waals surface area contributed by atoms with Crippen molar-refractivity contribution in [1.82, 2.24) is 5.32 Å². The third-order valence-electron chi connectivity index (χ3n) is 2.14. The Morgan fingerprint density at radius 2 is 1.93 bits per heavy atom. The van der Waals surface area contributed by atoms with Crippen molar-refractivity contribution >= 4 is 0 Å². The quantitative estimate of drug-likeness (QED) is 0.529. The highest BCUT2D eigenvalue weighted by atomic mass is 16.5. The van der Waals surface area contributed by atoms with Gasteiger partial charge in [-0.1, -0.05) is 12.8 Å². The maximum Gasteiger partial charge on any atom is 0.0671 e. The molecule has 0 aromatic rings. The third-order valence-corrected chi connectivity index (χ3v) is 2.14. The molecule has 14 heavy (non-hydrogen) atoms. The first-order chi connectivity index (χ1) is 6.81. The summed E-state index contributed by atoms with van der Waals surface area (Å²) in [6.45, 7) is 7.22. The van der Waals surface area contributed by atoms with E-state index in [0.717, 1.165) is 32.5 Å². The van der Waals surface area contributed by atoms with Crippen molar-refractivity contribution in [3.05, 3.63) is 0 Å². The molecule has 3 heteroatoms. The monoisotopic (exact) mass is 203 g/mol. The predicted octanol–water partition coefficient (Wildman–Crippen LogP) is 1.55. The molecule has 0 radical (unpaired) electrons. The largest absolute Gasteiger partial charge is 0.396 e. The minimum atomic E-state index is 0.317. The Kier molecular flexibility index (Phi) is 10.9. The molecule has 2 N–H and O–H groups in total. The van der Waals surface area contributed by atoms with E-state index < -0.39 is 0 Å². The molecular formula is C11H25NO2. The van der Waals surface area contributed by atoms with Gasteiger partial charge >= 0.3 is 0 Å². The smallest absolute Gasteiger partial charge is 0.0671 e. The Bertz CT molecular complexity index is 109. The molecular weight excluding hydrogens is 178 g/mol. The highest BCUT2D eigenvalue weighted by molar-refractivity contribution is 4.55. The fourth-order valence-corrected chi connectivity index (χ4v) is 1.36. The van der Waals surface area contributed by atoms with Gasteiger partial charge in [-0.2, -0.15) is 0 Å². The molecule has 0 rings (SSSR count). The normalized spacial score (nSPS) is 13.1. The van der Waals surface area contributed by atoms with Gasteiger partial charge in [-0.15, -0.1) is 0 Å². The SMILES string of the molecule is CCOC(C)CNCCCCCCO. The van der Waals surface area contributed by atoms with Crippen molar-refractivity contribution in [3.8, 4) is 0 Å². The number of hydrogen-bond acceptors (Lipinski definition) is 3. The number of aliphatic hydroxyl groups is 1. The van der Waals surface area contributed by atoms with Gasteiger partial charge in [0.05, 0.1) is 6.10 Å². The van der Waals surface area contributed by atoms with Crippen LogP contribution in [-0.4, -0.2) is 37.5 Å². The Labute approximate surface area is 87.8 Å². The van der Waals surface area contributed by atoms with Crippen molar-refractivity contribution in [2.24, 2.45) is 0 Å². The Morgan fingerprint density at radius 3 is 2.57 bits per heavy atom. The summed E-state index contributed by atoms with van der Waals surface area (Å²) >= 11 is 0. The van der Waals surface area contributed by atoms with Gasteiger partial charge in [0.15, 0.2) is 0 Å². The predicted molar refractivity (Wildman–Crippen MR) is 59.5 cm³/mol. The molecule has 0 heterocycles. The molecule has 0 bridgehead atoms. The molecule has 0 aliphatic rings. The maximum absolute atomic E-state index is 8.57. The zero-order valence-corrected chi connectivity index (χ0v) is 9.59. The first kappa shape index (κ1) is 13.9. The summed E-state index contributed by atoms with van der Waals surface area (Å²) < 4.78 is 5.39. The Hall–Kier alpha value is -0.120. The zero-order valence-electron chi connectivity index (χ0n) is 9.59. The fraction of sp³-hybridized carbons (Fsp3) is 1.00. The van der Waals surface area contributed by atoms with Crippen LogP contribution >= 0.6 is 0 Å². The van der Waals surface area contributed by atoms with E-state index in [1.807, 2.05) is 6.92 Å². The van der Waals surface area contributed by atoms with Crippen LogP contribution in [0.4, 0.5) is 0 Å². The summed E-state index contributed by atoms with van der Waals surface area (Å²) in [5, 5.41) is 11.9. The molecule has 1 atom stereocenters. The van der Waals surface area contributed by atoms with E-state index in [4.69, 9.17) is 9.84 Å². The number of unbranched alkanes of at least 4 members (excludes halogenated alkanes) is 3. The highest BCUT2D eigenvalue weighted by Crippen LogP contribution is 1.97. The number of aliphatic hydroxyl groups excluding tert-OH is 1. The molecule has 0 aliphatic heterocycles. The van der Waals surface area contributed by atoms with E-state index in [9.17, 15) is 0 Å². The second-order valence-electron chi connectivity index (χ2n) is 3.61. The van der Waals surface area contributed by atoms with E-state index in [-0.39, 0.29) is 0 Å². The van der Waals surface area contributed by atoms with Crippen molar-refractivity contribution in [2.45, 2.75) is 45.6 Å². The lowest BCUT2D eigenvalue weighted by Crippen LogP contribution is -2.27. The second-order valence-corrected chi connectivity index (χ2v) is 3.61. The third kappa shape index (κ3) is 9.96. The van der Waals surface area contributed by atoms with Crippen LogP contribution in [-0.2, 0) is 4.74 Å². The first-order valence-electron chi connectivity index (χ1n) is 5.74. The minimum absolute atomic E-state index is 0.317. The summed E-state index contributed by atoms with van der Waals surface area (Å²) in [4.78, 5) is 0. The van der Waals surface area contributed by atoms with Crippen LogP contribution in [0.3, 0.4) is 0 Å². The minimum Gasteiger partial charge on any atom is -0.396 e. The molecule has 86 valence electrons. The van der Waals surface area contributed by atoms with E-state index >= 15 is 0 Å². The molecule has 3 nitrogen and oxygen atoms in total. The first-order valence-corrected chi connectivity index (χ1v) is 5.74. The second kappa shape index (κ2) is 11.0. The van der Waals surface area contributed by atoms with Crippen molar-refractivity contribution in [2.75, 3.05) is 26.3 Å². The Morgan fingerprint density at radius 1 is 1.21 bits per heavy atom. The molecule has 1 unspecified atom stereocenters. The van der Waals surface area contributed by atoms with Crippen LogP contribution in [0.1, 0.15) is 39.5 Å². The van der Waals surface area contributed by atoms with Gasteiger partial charge in [0.2, 0.25) is 0 Å². The average Bonchev–Trinajstić information content (AvgIpc) is 2.17. The molecule has 0 spiro atoms. The average molecular weight is 203 g/mol. The number of hydrogen-bond donors (Lipinski definition) is 2. The van der Waals surface area contributed by atoms with Crippen LogP contribution < -0.4 is 5.32 Å². The van der Waals surface area contributed by atoms with Crippen LogP contribution in [0, 0.1) is 0 Å². The van der Waals surface area contributed by atoms with Crippen molar-refractivity contribution < 1.29 is 9.84 Å². The molecule has 0 fully saturated rings. The van der Waals surface area contributed by atoms with Crippen LogP contribution in [0.2, 0.25) is 0 Å². The van der Waals surface area contributed by atoms with Crippen molar-refractivity contribution in [1.29, 1.82) is 0 Å². The van der Waals surface area contributed by atoms with Gasteiger partial charge in [0.25, 0.3) is 0 Å². The van der Waals surface area contributed by atoms with Gasteiger partial charge < -0.3 is 15.2 Å². The molecule has 0 amide bonds. The number of rotatable bonds is 10. The van der Waals surface area contributed by atoms with Gasteiger partial charge in [-0.05, 0) is 33.2 Å². The van der Waals surface area contributed by atoms with E-state index in [2.05, 4.69) is 12.2 Å². The van der Waals surface area contributed by atoms with Gasteiger partial charge in [0, 0.05) is 19.8 Å². The van der Waals surface area contributed by atoms with Crippen LogP contribution in [0.25, 0.3) is 0 Å². The molecule has 0 aromatic carbocycles. The summed E-state index contributed by atoms with van der Waals surface area (Å²) in [5.74, 6) is 0. The van der Waals surface area contributed by atoms with E-state index in [1.165, 1.54) is 12.8 Å². The van der Waals surface area contributed by atoms with E-state index in [0.29, 0.717) is 12.7 Å². The van der Waals surface area contributed by atoms with Crippen LogP contribution in [0.15, 0.2) is 0 Å². The lowest BCUT2D eigenvalue weighted by atomic mass is 10.2. The lowest BCUT2D eigenvalue weighted by molar-refractivity contribution is 0.0762. The fourth-order valence-electron chi connectivity index (χ4n) is 1.36. The summed E-state index contributed by atoms with van der Waals surface area (Å²) in [6.07, 6.45) is 4.79. The number of ether oxygens (including phenoxy) is 1. The standard InChI is InChI=1S/C11H25NO2/c1-3-14-11(2)10-12-8-6-4-5-7-9-13/h11-13H,3-10H2,1-2H3. The van der Waals surface area contributed by atoms with E-state index in [1.54, 1.807) is 0 Å². The summed E-state index contributed by atoms with van der Waals surface area (Å²) in [6, 6.07) is 0. The summed E-state index contributed by atoms with van der Waals surface area (Å²) in [7, 11) is 0.